The minimum Gasteiger partial charge on any atom is -0.385 e. The van der Waals surface area contributed by atoms with E-state index in [9.17, 15) is 0 Å². The maximum atomic E-state index is 5.10. The first-order valence-electron chi connectivity index (χ1n) is 5.92. The summed E-state index contributed by atoms with van der Waals surface area (Å²) in [6, 6.07) is 7.09. The molecule has 0 saturated heterocycles. The van der Waals surface area contributed by atoms with E-state index >= 15 is 0 Å². The van der Waals surface area contributed by atoms with Gasteiger partial charge in [-0.05, 0) is 44.9 Å². The Kier molecular flexibility index (Phi) is 5.50. The second-order valence-corrected chi connectivity index (χ2v) is 4.34. The van der Waals surface area contributed by atoms with Gasteiger partial charge in [0, 0.05) is 19.8 Å². The van der Waals surface area contributed by atoms with Gasteiger partial charge >= 0.3 is 0 Å². The van der Waals surface area contributed by atoms with Crippen LogP contribution in [0.3, 0.4) is 0 Å². The molecule has 1 aromatic carbocycles. The maximum Gasteiger partial charge on any atom is 0.0462 e. The zero-order valence-corrected chi connectivity index (χ0v) is 10.8. The molecule has 2 heteroatoms. The minimum atomic E-state index is 0.440. The molecule has 1 unspecified atom stereocenters. The molecule has 0 heterocycles. The lowest BCUT2D eigenvalue weighted by Crippen LogP contribution is -2.18. The molecule has 0 saturated carbocycles. The quantitative estimate of drug-likeness (QED) is 0.746. The largest absolute Gasteiger partial charge is 0.385 e. The molecule has 0 amide bonds. The van der Waals surface area contributed by atoms with Crippen molar-refractivity contribution in [2.75, 3.05) is 20.8 Å². The molecule has 2 nitrogen and oxygen atoms in total. The molecule has 0 aliphatic carbocycles. The third kappa shape index (κ3) is 3.62. The number of hydrogen-bond acceptors (Lipinski definition) is 2. The van der Waals surface area contributed by atoms with Gasteiger partial charge in [0.15, 0.2) is 0 Å². The van der Waals surface area contributed by atoms with E-state index in [1.54, 1.807) is 7.11 Å². The van der Waals surface area contributed by atoms with Crippen LogP contribution in [-0.4, -0.2) is 20.8 Å². The average Bonchev–Trinajstić information content (AvgIpc) is 2.28. The van der Waals surface area contributed by atoms with Crippen molar-refractivity contribution in [1.82, 2.24) is 5.32 Å². The van der Waals surface area contributed by atoms with E-state index in [1.807, 2.05) is 7.05 Å². The lowest BCUT2D eigenvalue weighted by molar-refractivity contribution is 0.189. The van der Waals surface area contributed by atoms with Crippen molar-refractivity contribution in [2.24, 2.45) is 0 Å². The second kappa shape index (κ2) is 6.66. The van der Waals surface area contributed by atoms with Crippen molar-refractivity contribution in [1.29, 1.82) is 0 Å². The third-order valence-corrected chi connectivity index (χ3v) is 3.00. The zero-order chi connectivity index (χ0) is 12.0. The van der Waals surface area contributed by atoms with E-state index in [-0.39, 0.29) is 0 Å². The highest BCUT2D eigenvalue weighted by molar-refractivity contribution is 5.32. The van der Waals surface area contributed by atoms with Gasteiger partial charge in [-0.15, -0.1) is 0 Å². The molecule has 0 spiro atoms. The van der Waals surface area contributed by atoms with Gasteiger partial charge in [0.1, 0.15) is 0 Å². The molecule has 0 fully saturated rings. The summed E-state index contributed by atoms with van der Waals surface area (Å²) in [6.45, 7) is 5.16. The highest BCUT2D eigenvalue weighted by atomic mass is 16.5. The summed E-state index contributed by atoms with van der Waals surface area (Å²) in [7, 11) is 3.78. The Balaban J connectivity index is 2.73. The van der Waals surface area contributed by atoms with Crippen molar-refractivity contribution < 1.29 is 4.74 Å². The fraction of sp³-hybridized carbons (Fsp3) is 0.571. The Morgan fingerprint density at radius 2 is 2.06 bits per heavy atom. The zero-order valence-electron chi connectivity index (χ0n) is 10.8. The molecule has 1 N–H and O–H groups in total. The van der Waals surface area contributed by atoms with Crippen molar-refractivity contribution in [3.05, 3.63) is 34.9 Å². The summed E-state index contributed by atoms with van der Waals surface area (Å²) < 4.78 is 5.10. The van der Waals surface area contributed by atoms with Crippen LogP contribution in [-0.2, 0) is 4.74 Å². The van der Waals surface area contributed by atoms with E-state index in [4.69, 9.17) is 4.74 Å². The summed E-state index contributed by atoms with van der Waals surface area (Å²) in [4.78, 5) is 0. The predicted molar refractivity (Wildman–Crippen MR) is 68.8 cm³/mol. The van der Waals surface area contributed by atoms with E-state index in [1.165, 1.54) is 16.7 Å². The Morgan fingerprint density at radius 3 is 2.69 bits per heavy atom. The number of rotatable bonds is 6. The van der Waals surface area contributed by atoms with Crippen LogP contribution in [0, 0.1) is 13.8 Å². The second-order valence-electron chi connectivity index (χ2n) is 4.34. The van der Waals surface area contributed by atoms with Gasteiger partial charge in [0.25, 0.3) is 0 Å². The predicted octanol–water partition coefficient (Wildman–Crippen LogP) is 2.99. The average molecular weight is 221 g/mol. The van der Waals surface area contributed by atoms with Crippen molar-refractivity contribution in [3.63, 3.8) is 0 Å². The fourth-order valence-electron chi connectivity index (χ4n) is 2.02. The molecule has 1 aromatic rings. The molecule has 0 aliphatic rings. The Labute approximate surface area is 99.0 Å². The number of methoxy groups -OCH3 is 1. The van der Waals surface area contributed by atoms with E-state index in [0.29, 0.717) is 6.04 Å². The van der Waals surface area contributed by atoms with Crippen LogP contribution in [0.15, 0.2) is 18.2 Å². The molecule has 0 bridgehead atoms. The number of benzene rings is 1. The van der Waals surface area contributed by atoms with Crippen LogP contribution in [0.25, 0.3) is 0 Å². The molecule has 1 atom stereocenters. The van der Waals surface area contributed by atoms with E-state index in [2.05, 4.69) is 37.4 Å². The van der Waals surface area contributed by atoms with E-state index in [0.717, 1.165) is 19.4 Å². The molecule has 0 radical (unpaired) electrons. The summed E-state index contributed by atoms with van der Waals surface area (Å²) >= 11 is 0. The number of ether oxygens (including phenoxy) is 1. The molecule has 1 rings (SSSR count). The monoisotopic (exact) mass is 221 g/mol. The highest BCUT2D eigenvalue weighted by Gasteiger charge is 2.11. The van der Waals surface area contributed by atoms with E-state index < -0.39 is 0 Å². The summed E-state index contributed by atoms with van der Waals surface area (Å²) in [5, 5.41) is 3.39. The van der Waals surface area contributed by atoms with Crippen molar-refractivity contribution in [3.8, 4) is 0 Å². The Hall–Kier alpha value is -0.860. The molecule has 0 aliphatic heterocycles. The Bertz CT molecular complexity index is 323. The van der Waals surface area contributed by atoms with Crippen LogP contribution >= 0.6 is 0 Å². The standard InChI is InChI=1S/C14H23NO/c1-11-7-8-12(2)13(10-11)14(15-3)6-5-9-16-4/h7-8,10,14-15H,5-6,9H2,1-4H3. The van der Waals surface area contributed by atoms with Crippen molar-refractivity contribution in [2.45, 2.75) is 32.7 Å². The molecular formula is C14H23NO. The van der Waals surface area contributed by atoms with Crippen LogP contribution in [0.1, 0.15) is 35.6 Å². The molecular weight excluding hydrogens is 198 g/mol. The highest BCUT2D eigenvalue weighted by Crippen LogP contribution is 2.22. The summed E-state index contributed by atoms with van der Waals surface area (Å²) in [6.07, 6.45) is 2.21. The van der Waals surface area contributed by atoms with Gasteiger partial charge in [-0.1, -0.05) is 23.8 Å². The molecule has 90 valence electrons. The Morgan fingerprint density at radius 1 is 1.31 bits per heavy atom. The van der Waals surface area contributed by atoms with Crippen LogP contribution in [0.2, 0.25) is 0 Å². The fourth-order valence-corrected chi connectivity index (χ4v) is 2.02. The lowest BCUT2D eigenvalue weighted by Gasteiger charge is -2.19. The van der Waals surface area contributed by atoms with Gasteiger partial charge in [0.05, 0.1) is 0 Å². The normalized spacial score (nSPS) is 12.8. The first-order chi connectivity index (χ1) is 7.69. The summed E-state index contributed by atoms with van der Waals surface area (Å²) in [5.74, 6) is 0. The first kappa shape index (κ1) is 13.2. The minimum absolute atomic E-state index is 0.440. The molecule has 16 heavy (non-hydrogen) atoms. The topological polar surface area (TPSA) is 21.3 Å². The smallest absolute Gasteiger partial charge is 0.0462 e. The molecule has 0 aromatic heterocycles. The SMILES string of the molecule is CNC(CCCOC)c1cc(C)ccc1C. The lowest BCUT2D eigenvalue weighted by atomic mass is 9.96. The maximum absolute atomic E-state index is 5.10. The summed E-state index contributed by atoms with van der Waals surface area (Å²) in [5.41, 5.74) is 4.11. The van der Waals surface area contributed by atoms with Gasteiger partial charge in [-0.2, -0.15) is 0 Å². The van der Waals surface area contributed by atoms with Gasteiger partial charge in [0.2, 0.25) is 0 Å². The van der Waals surface area contributed by atoms with Gasteiger partial charge < -0.3 is 10.1 Å². The third-order valence-electron chi connectivity index (χ3n) is 3.00. The number of nitrogens with one attached hydrogen (secondary N) is 1. The van der Waals surface area contributed by atoms with Gasteiger partial charge in [-0.3, -0.25) is 0 Å². The van der Waals surface area contributed by atoms with Gasteiger partial charge in [-0.25, -0.2) is 0 Å². The van der Waals surface area contributed by atoms with Crippen LogP contribution < -0.4 is 5.32 Å². The van der Waals surface area contributed by atoms with Crippen LogP contribution in [0.4, 0.5) is 0 Å². The first-order valence-corrected chi connectivity index (χ1v) is 5.92. The number of aryl methyl sites for hydroxylation is 2. The van der Waals surface area contributed by atoms with Crippen LogP contribution in [0.5, 0.6) is 0 Å². The van der Waals surface area contributed by atoms with Crippen molar-refractivity contribution >= 4 is 0 Å². The number of hydrogen-bond donors (Lipinski definition) is 1.